The van der Waals surface area contributed by atoms with Crippen molar-refractivity contribution in [2.75, 3.05) is 12.3 Å². The molecule has 1 aliphatic carbocycles. The highest BCUT2D eigenvalue weighted by Crippen LogP contribution is 2.34. The fourth-order valence-corrected chi connectivity index (χ4v) is 5.60. The summed E-state index contributed by atoms with van der Waals surface area (Å²) in [6.45, 7) is 2.99. The van der Waals surface area contributed by atoms with Crippen LogP contribution in [0.1, 0.15) is 42.4 Å². The monoisotopic (exact) mass is 417 g/mol. The van der Waals surface area contributed by atoms with E-state index in [2.05, 4.69) is 5.32 Å². The number of aryl methyl sites for hydroxylation is 2. The van der Waals surface area contributed by atoms with Gasteiger partial charge in [0.2, 0.25) is 5.91 Å². The molecular weight excluding hydrogens is 394 g/mol. The molecule has 1 amide bonds. The predicted molar refractivity (Wildman–Crippen MR) is 112 cm³/mol. The van der Waals surface area contributed by atoms with Crippen LogP contribution < -0.4 is 10.9 Å². The normalized spacial score (nSPS) is 13.6. The summed E-state index contributed by atoms with van der Waals surface area (Å²) < 4.78 is 7.11. The molecule has 6 nitrogen and oxygen atoms in total. The largest absolute Gasteiger partial charge is 0.467 e. The molecule has 3 heterocycles. The van der Waals surface area contributed by atoms with Gasteiger partial charge in [-0.1, -0.05) is 18.7 Å². The Balaban J connectivity index is 1.73. The average Bonchev–Trinajstić information content (AvgIpc) is 3.34. The molecule has 0 saturated heterocycles. The van der Waals surface area contributed by atoms with Crippen molar-refractivity contribution in [1.29, 1.82) is 0 Å². The highest BCUT2D eigenvalue weighted by Gasteiger charge is 2.23. The summed E-state index contributed by atoms with van der Waals surface area (Å²) in [6, 6.07) is 3.66. The minimum atomic E-state index is -0.0452. The van der Waals surface area contributed by atoms with Crippen LogP contribution in [-0.2, 0) is 24.2 Å². The third-order valence-corrected chi connectivity index (χ3v) is 7.00. The fourth-order valence-electron chi connectivity index (χ4n) is 3.47. The molecule has 1 N–H and O–H groups in total. The lowest BCUT2D eigenvalue weighted by Gasteiger charge is -2.12. The molecule has 4 rings (SSSR count). The van der Waals surface area contributed by atoms with Gasteiger partial charge in [-0.2, -0.15) is 0 Å². The summed E-state index contributed by atoms with van der Waals surface area (Å²) in [4.78, 5) is 32.3. The lowest BCUT2D eigenvalue weighted by Crippen LogP contribution is -2.27. The number of carbonyl (C=O) groups excluding carboxylic acids is 1. The van der Waals surface area contributed by atoms with Gasteiger partial charge in [-0.3, -0.25) is 14.2 Å². The van der Waals surface area contributed by atoms with Gasteiger partial charge in [0.25, 0.3) is 5.56 Å². The number of furan rings is 1. The molecule has 1 aliphatic rings. The van der Waals surface area contributed by atoms with Crippen LogP contribution in [0.25, 0.3) is 10.2 Å². The maximum absolute atomic E-state index is 13.4. The molecule has 0 saturated carbocycles. The SMILES string of the molecule is CCCNC(=O)CSc1nc2sc3c(c2c(=O)n1Cc1ccco1)CCCC3. The number of nitrogens with zero attached hydrogens (tertiary/aromatic N) is 2. The quantitative estimate of drug-likeness (QED) is 0.469. The van der Waals surface area contributed by atoms with Crippen LogP contribution in [0.2, 0.25) is 0 Å². The molecule has 8 heteroatoms. The second-order valence-electron chi connectivity index (χ2n) is 6.89. The second kappa shape index (κ2) is 8.53. The van der Waals surface area contributed by atoms with Crippen molar-refractivity contribution < 1.29 is 9.21 Å². The Hall–Kier alpha value is -2.06. The van der Waals surface area contributed by atoms with Gasteiger partial charge in [-0.15, -0.1) is 11.3 Å². The number of nitrogens with one attached hydrogen (secondary N) is 1. The van der Waals surface area contributed by atoms with Gasteiger partial charge >= 0.3 is 0 Å². The maximum atomic E-state index is 13.4. The first-order valence-corrected chi connectivity index (χ1v) is 11.4. The molecule has 0 atom stereocenters. The number of aromatic nitrogens is 2. The van der Waals surface area contributed by atoms with E-state index >= 15 is 0 Å². The van der Waals surface area contributed by atoms with Crippen LogP contribution in [-0.4, -0.2) is 27.8 Å². The second-order valence-corrected chi connectivity index (χ2v) is 8.92. The van der Waals surface area contributed by atoms with Crippen molar-refractivity contribution >= 4 is 39.2 Å². The van der Waals surface area contributed by atoms with Crippen molar-refractivity contribution in [3.8, 4) is 0 Å². The molecule has 28 heavy (non-hydrogen) atoms. The molecule has 148 valence electrons. The van der Waals surface area contributed by atoms with Crippen molar-refractivity contribution in [3.05, 3.63) is 45.0 Å². The lowest BCUT2D eigenvalue weighted by atomic mass is 9.97. The van der Waals surface area contributed by atoms with Crippen LogP contribution in [0.3, 0.4) is 0 Å². The van der Waals surface area contributed by atoms with Gasteiger partial charge in [0.05, 0.1) is 23.9 Å². The van der Waals surface area contributed by atoms with E-state index in [0.29, 0.717) is 24.0 Å². The van der Waals surface area contributed by atoms with E-state index in [9.17, 15) is 9.59 Å². The van der Waals surface area contributed by atoms with Crippen LogP contribution in [0.5, 0.6) is 0 Å². The van der Waals surface area contributed by atoms with E-state index in [-0.39, 0.29) is 17.2 Å². The van der Waals surface area contributed by atoms with E-state index in [1.54, 1.807) is 22.2 Å². The topological polar surface area (TPSA) is 77.1 Å². The number of fused-ring (bicyclic) bond motifs is 3. The van der Waals surface area contributed by atoms with Crippen LogP contribution in [0, 0.1) is 0 Å². The third-order valence-electron chi connectivity index (χ3n) is 4.84. The number of rotatable bonds is 7. The van der Waals surface area contributed by atoms with E-state index in [0.717, 1.165) is 35.9 Å². The Bertz CT molecular complexity index is 1040. The molecule has 3 aromatic rings. The Morgan fingerprint density at radius 2 is 2.25 bits per heavy atom. The fraction of sp³-hybridized carbons (Fsp3) is 0.450. The van der Waals surface area contributed by atoms with E-state index < -0.39 is 0 Å². The molecule has 0 aromatic carbocycles. The zero-order valence-corrected chi connectivity index (χ0v) is 17.5. The molecular formula is C20H23N3O3S2. The summed E-state index contributed by atoms with van der Waals surface area (Å²) in [7, 11) is 0. The van der Waals surface area contributed by atoms with Crippen LogP contribution in [0.15, 0.2) is 32.8 Å². The summed E-state index contributed by atoms with van der Waals surface area (Å²) in [5.74, 6) is 0.891. The zero-order valence-electron chi connectivity index (χ0n) is 15.8. The van der Waals surface area contributed by atoms with Crippen LogP contribution >= 0.6 is 23.1 Å². The molecule has 0 radical (unpaired) electrons. The minimum Gasteiger partial charge on any atom is -0.467 e. The van der Waals surface area contributed by atoms with E-state index in [4.69, 9.17) is 9.40 Å². The van der Waals surface area contributed by atoms with Crippen molar-refractivity contribution in [2.45, 2.75) is 50.7 Å². The first-order chi connectivity index (χ1) is 13.7. The van der Waals surface area contributed by atoms with Gasteiger partial charge in [-0.05, 0) is 49.8 Å². The Kier molecular flexibility index (Phi) is 5.87. The standard InChI is InChI=1S/C20H23N3O3S2/c1-2-9-21-16(24)12-27-20-22-18-17(14-7-3-4-8-15(14)28-18)19(25)23(20)11-13-6-5-10-26-13/h5-6,10H,2-4,7-9,11-12H2,1H3,(H,21,24). The number of hydrogen-bond donors (Lipinski definition) is 1. The Morgan fingerprint density at radius 1 is 1.39 bits per heavy atom. The number of hydrogen-bond acceptors (Lipinski definition) is 6. The number of amides is 1. The molecule has 0 aliphatic heterocycles. The molecule has 0 fully saturated rings. The van der Waals surface area contributed by atoms with Gasteiger partial charge in [0.1, 0.15) is 10.6 Å². The smallest absolute Gasteiger partial charge is 0.263 e. The first-order valence-electron chi connectivity index (χ1n) is 9.64. The highest BCUT2D eigenvalue weighted by molar-refractivity contribution is 7.99. The zero-order chi connectivity index (χ0) is 19.5. The third kappa shape index (κ3) is 3.89. The van der Waals surface area contributed by atoms with Crippen molar-refractivity contribution in [2.24, 2.45) is 0 Å². The summed E-state index contributed by atoms with van der Waals surface area (Å²) in [6.07, 6.45) is 6.74. The predicted octanol–water partition coefficient (Wildman–Crippen LogP) is 3.60. The molecule has 0 bridgehead atoms. The van der Waals surface area contributed by atoms with Gasteiger partial charge < -0.3 is 9.73 Å². The Morgan fingerprint density at radius 3 is 3.04 bits per heavy atom. The summed E-state index contributed by atoms with van der Waals surface area (Å²) in [5, 5.41) is 4.19. The average molecular weight is 418 g/mol. The summed E-state index contributed by atoms with van der Waals surface area (Å²) in [5.41, 5.74) is 1.14. The van der Waals surface area contributed by atoms with Crippen LogP contribution in [0.4, 0.5) is 0 Å². The van der Waals surface area contributed by atoms with E-state index in [1.807, 2.05) is 19.1 Å². The molecule has 3 aromatic heterocycles. The first kappa shape index (κ1) is 19.3. The minimum absolute atomic E-state index is 0.0303. The number of thiophene rings is 1. The van der Waals surface area contributed by atoms with Crippen molar-refractivity contribution in [1.82, 2.24) is 14.9 Å². The number of thioether (sulfide) groups is 1. The maximum Gasteiger partial charge on any atom is 0.263 e. The summed E-state index contributed by atoms with van der Waals surface area (Å²) >= 11 is 2.94. The number of carbonyl (C=O) groups is 1. The lowest BCUT2D eigenvalue weighted by molar-refractivity contribution is -0.118. The molecule has 0 spiro atoms. The van der Waals surface area contributed by atoms with Gasteiger partial charge in [0, 0.05) is 11.4 Å². The van der Waals surface area contributed by atoms with Crippen molar-refractivity contribution in [3.63, 3.8) is 0 Å². The van der Waals surface area contributed by atoms with Gasteiger partial charge in [0.15, 0.2) is 5.16 Å². The highest BCUT2D eigenvalue weighted by atomic mass is 32.2. The Labute approximate surface area is 171 Å². The van der Waals surface area contributed by atoms with Gasteiger partial charge in [-0.25, -0.2) is 4.98 Å². The van der Waals surface area contributed by atoms with E-state index in [1.165, 1.54) is 28.6 Å². The molecule has 0 unspecified atom stereocenters.